The van der Waals surface area contributed by atoms with Crippen LogP contribution in [0.3, 0.4) is 0 Å². The second-order valence-corrected chi connectivity index (χ2v) is 14.1. The van der Waals surface area contributed by atoms with Crippen molar-refractivity contribution >= 4 is 20.5 Å². The largest absolute Gasteiger partial charge is 0.449 e. The van der Waals surface area contributed by atoms with Gasteiger partial charge in [-0.1, -0.05) is 32.9 Å². The number of rotatable bonds is 2. The predicted octanol–water partition coefficient (Wildman–Crippen LogP) is 4.32. The molecule has 1 saturated heterocycles. The quantitative estimate of drug-likeness (QED) is 0.536. The molecular weight excluding hydrogens is 338 g/mol. The Morgan fingerprint density at radius 3 is 2.32 bits per heavy atom. The molecule has 2 aliphatic rings. The van der Waals surface area contributed by atoms with Gasteiger partial charge in [0.15, 0.2) is 8.32 Å². The predicted molar refractivity (Wildman–Crippen MR) is 97.9 cm³/mol. The van der Waals surface area contributed by atoms with Crippen molar-refractivity contribution in [2.45, 2.75) is 77.4 Å². The second kappa shape index (κ2) is 6.43. The maximum atomic E-state index is 12.5. The van der Waals surface area contributed by atoms with Crippen molar-refractivity contribution in [1.82, 2.24) is 4.90 Å². The molecule has 7 heteroatoms. The van der Waals surface area contributed by atoms with Gasteiger partial charge < -0.3 is 13.9 Å². The van der Waals surface area contributed by atoms with E-state index in [-0.39, 0.29) is 29.7 Å². The van der Waals surface area contributed by atoms with E-state index in [0.29, 0.717) is 0 Å². The molecule has 0 N–H and O–H groups in total. The molecule has 1 fully saturated rings. The van der Waals surface area contributed by atoms with E-state index in [0.717, 1.165) is 4.90 Å². The van der Waals surface area contributed by atoms with Crippen molar-refractivity contribution in [3.05, 3.63) is 12.2 Å². The molecule has 0 aromatic carbocycles. The van der Waals surface area contributed by atoms with Crippen molar-refractivity contribution in [3.8, 4) is 0 Å². The van der Waals surface area contributed by atoms with E-state index in [2.05, 4.69) is 33.9 Å². The average Bonchev–Trinajstić information content (AvgIpc) is 2.77. The summed E-state index contributed by atoms with van der Waals surface area (Å²) in [7, 11) is -1.98. The van der Waals surface area contributed by atoms with E-state index in [4.69, 9.17) is 13.9 Å². The highest BCUT2D eigenvalue weighted by Gasteiger charge is 2.49. The van der Waals surface area contributed by atoms with Crippen LogP contribution in [-0.4, -0.2) is 49.8 Å². The third kappa shape index (κ3) is 4.26. The fourth-order valence-electron chi connectivity index (χ4n) is 2.68. The summed E-state index contributed by atoms with van der Waals surface area (Å²) < 4.78 is 17.1. The zero-order valence-corrected chi connectivity index (χ0v) is 17.6. The topological polar surface area (TPSA) is 65.1 Å². The molecule has 1 heterocycles. The smallest absolute Gasteiger partial charge is 0.420 e. The fourth-order valence-corrected chi connectivity index (χ4v) is 3.97. The first kappa shape index (κ1) is 20.0. The Labute approximate surface area is 151 Å². The number of carbonyl (C=O) groups excluding carboxylic acids is 2. The van der Waals surface area contributed by atoms with Crippen LogP contribution in [0.1, 0.15) is 41.5 Å². The summed E-state index contributed by atoms with van der Waals surface area (Å²) in [6.45, 7) is 16.5. The number of imide groups is 1. The van der Waals surface area contributed by atoms with Gasteiger partial charge in [0.05, 0.1) is 12.1 Å². The molecular formula is C18H31NO5Si. The number of amides is 2. The van der Waals surface area contributed by atoms with Gasteiger partial charge in [-0.15, -0.1) is 0 Å². The first-order valence-corrected chi connectivity index (χ1v) is 11.7. The molecule has 2 rings (SSSR count). The number of hydrogen-bond donors (Lipinski definition) is 0. The van der Waals surface area contributed by atoms with Crippen LogP contribution < -0.4 is 0 Å². The van der Waals surface area contributed by atoms with Crippen molar-refractivity contribution in [2.24, 2.45) is 5.92 Å². The molecule has 0 radical (unpaired) electrons. The van der Waals surface area contributed by atoms with Crippen LogP contribution in [0.5, 0.6) is 0 Å². The number of carbonyl (C=O) groups is 2. The van der Waals surface area contributed by atoms with Crippen molar-refractivity contribution in [3.63, 3.8) is 0 Å². The molecule has 1 aliphatic heterocycles. The lowest BCUT2D eigenvalue weighted by molar-refractivity contribution is -0.0231. The van der Waals surface area contributed by atoms with Gasteiger partial charge >= 0.3 is 12.2 Å². The molecule has 0 saturated carbocycles. The second-order valence-electron chi connectivity index (χ2n) is 9.31. The van der Waals surface area contributed by atoms with Gasteiger partial charge in [0.2, 0.25) is 0 Å². The Balaban J connectivity index is 2.16. The van der Waals surface area contributed by atoms with Gasteiger partial charge in [0, 0.05) is 5.92 Å². The zero-order valence-electron chi connectivity index (χ0n) is 16.6. The van der Waals surface area contributed by atoms with Crippen molar-refractivity contribution in [1.29, 1.82) is 0 Å². The van der Waals surface area contributed by atoms with Gasteiger partial charge in [-0.3, -0.25) is 0 Å². The molecule has 3 atom stereocenters. The molecule has 0 spiro atoms. The Morgan fingerprint density at radius 2 is 1.80 bits per heavy atom. The standard InChI is InChI=1S/C18H31NO5Si/c1-17(2,3)23-16(21)19-13-9-10-14(12(13)11-22-15(19)20)24-25(7,8)18(4,5)6/h9-10,12-14H,11H2,1-8H3/t12-,13-,14+/m1/s1. The lowest BCUT2D eigenvalue weighted by Crippen LogP contribution is -2.56. The van der Waals surface area contributed by atoms with E-state index < -0.39 is 26.1 Å². The van der Waals surface area contributed by atoms with Gasteiger partial charge in [-0.2, -0.15) is 0 Å². The van der Waals surface area contributed by atoms with Crippen LogP contribution in [0.15, 0.2) is 12.2 Å². The summed E-state index contributed by atoms with van der Waals surface area (Å²) in [6, 6.07) is -0.383. The summed E-state index contributed by atoms with van der Waals surface area (Å²) in [5, 5.41) is 0.0785. The Kier molecular flexibility index (Phi) is 5.14. The summed E-state index contributed by atoms with van der Waals surface area (Å²) in [5.41, 5.74) is -0.677. The van der Waals surface area contributed by atoms with Gasteiger partial charge in [0.1, 0.15) is 12.2 Å². The monoisotopic (exact) mass is 369 g/mol. The first-order valence-electron chi connectivity index (χ1n) is 8.78. The highest BCUT2D eigenvalue weighted by molar-refractivity contribution is 6.74. The van der Waals surface area contributed by atoms with Crippen LogP contribution in [0.4, 0.5) is 9.59 Å². The van der Waals surface area contributed by atoms with Crippen LogP contribution in [-0.2, 0) is 13.9 Å². The first-order chi connectivity index (χ1) is 11.2. The maximum Gasteiger partial charge on any atom is 0.420 e. The number of fused-ring (bicyclic) bond motifs is 1. The van der Waals surface area contributed by atoms with Gasteiger partial charge in [-0.05, 0) is 38.9 Å². The molecule has 25 heavy (non-hydrogen) atoms. The fraction of sp³-hybridized carbons (Fsp3) is 0.778. The summed E-state index contributed by atoms with van der Waals surface area (Å²) in [5.74, 6) is -0.0978. The van der Waals surface area contributed by atoms with E-state index in [1.54, 1.807) is 20.8 Å². The van der Waals surface area contributed by atoms with Crippen LogP contribution in [0.2, 0.25) is 18.1 Å². The van der Waals surface area contributed by atoms with Gasteiger partial charge in [-0.25, -0.2) is 14.5 Å². The average molecular weight is 370 g/mol. The molecule has 0 unspecified atom stereocenters. The number of nitrogens with zero attached hydrogens (tertiary/aromatic N) is 1. The zero-order chi connectivity index (χ0) is 19.2. The molecule has 2 amide bonds. The SMILES string of the molecule is CC(C)(C)OC(=O)N1C(=O)OC[C@H]2[C@@H](O[Si](C)(C)C(C)(C)C)C=C[C@H]21. The number of cyclic esters (lactones) is 1. The molecule has 0 aromatic heterocycles. The Bertz CT molecular complexity index is 573. The van der Waals surface area contributed by atoms with Gasteiger partial charge in [0.25, 0.3) is 0 Å². The molecule has 142 valence electrons. The lowest BCUT2D eigenvalue weighted by atomic mass is 9.99. The maximum absolute atomic E-state index is 12.5. The van der Waals surface area contributed by atoms with E-state index in [1.165, 1.54) is 0 Å². The number of hydrogen-bond acceptors (Lipinski definition) is 5. The van der Waals surface area contributed by atoms with Crippen molar-refractivity contribution in [2.75, 3.05) is 6.61 Å². The molecule has 1 aliphatic carbocycles. The van der Waals surface area contributed by atoms with E-state index in [9.17, 15) is 9.59 Å². The van der Waals surface area contributed by atoms with Crippen LogP contribution >= 0.6 is 0 Å². The Hall–Kier alpha value is -1.34. The minimum Gasteiger partial charge on any atom is -0.449 e. The molecule has 6 nitrogen and oxygen atoms in total. The lowest BCUT2D eigenvalue weighted by Gasteiger charge is -2.42. The highest BCUT2D eigenvalue weighted by atomic mass is 28.4. The minimum absolute atomic E-state index is 0.0785. The Morgan fingerprint density at radius 1 is 1.20 bits per heavy atom. The third-order valence-corrected chi connectivity index (χ3v) is 9.55. The van der Waals surface area contributed by atoms with Crippen LogP contribution in [0.25, 0.3) is 0 Å². The minimum atomic E-state index is -1.98. The summed E-state index contributed by atoms with van der Waals surface area (Å²) >= 11 is 0. The van der Waals surface area contributed by atoms with E-state index >= 15 is 0 Å². The third-order valence-electron chi connectivity index (χ3n) is 5.08. The molecule has 0 aromatic rings. The summed E-state index contributed by atoms with van der Waals surface area (Å²) in [4.78, 5) is 25.7. The van der Waals surface area contributed by atoms with E-state index in [1.807, 2.05) is 12.2 Å². The summed E-state index contributed by atoms with van der Waals surface area (Å²) in [6.07, 6.45) is 2.32. The number of ether oxygens (including phenoxy) is 2. The normalized spacial score (nSPS) is 27.1. The highest BCUT2D eigenvalue weighted by Crippen LogP contribution is 2.41. The molecule has 0 bridgehead atoms. The van der Waals surface area contributed by atoms with Crippen molar-refractivity contribution < 1.29 is 23.5 Å². The van der Waals surface area contributed by atoms with Crippen LogP contribution in [0, 0.1) is 5.92 Å².